The van der Waals surface area contributed by atoms with Gasteiger partial charge in [0.15, 0.2) is 12.3 Å². The Morgan fingerprint density at radius 3 is 2.77 bits per heavy atom. The fraction of sp³-hybridized carbons (Fsp3) is 0.333. The van der Waals surface area contributed by atoms with E-state index in [0.29, 0.717) is 24.4 Å². The van der Waals surface area contributed by atoms with Gasteiger partial charge in [0.2, 0.25) is 5.91 Å². The van der Waals surface area contributed by atoms with Crippen molar-refractivity contribution in [2.24, 2.45) is 11.7 Å². The van der Waals surface area contributed by atoms with E-state index in [2.05, 4.69) is 4.98 Å². The minimum Gasteiger partial charge on any atom is -0.451 e. The van der Waals surface area contributed by atoms with E-state index in [1.165, 1.54) is 16.2 Å². The Labute approximate surface area is 154 Å². The van der Waals surface area contributed by atoms with E-state index in [1.54, 1.807) is 5.38 Å². The maximum atomic E-state index is 12.2. The van der Waals surface area contributed by atoms with E-state index in [0.717, 1.165) is 5.56 Å². The molecule has 7 nitrogen and oxygen atoms in total. The summed E-state index contributed by atoms with van der Waals surface area (Å²) in [4.78, 5) is 41.4. The second kappa shape index (κ2) is 8.09. The smallest absolute Gasteiger partial charge is 0.358 e. The number of benzene rings is 1. The van der Waals surface area contributed by atoms with Crippen molar-refractivity contribution >= 4 is 29.1 Å². The number of likely N-dealkylation sites (tertiary alicyclic amines) is 1. The average molecular weight is 373 g/mol. The molecule has 1 aliphatic rings. The topological polar surface area (TPSA) is 103 Å². The van der Waals surface area contributed by atoms with Gasteiger partial charge in [-0.2, -0.15) is 0 Å². The molecular formula is C18H19N3O4S. The summed E-state index contributed by atoms with van der Waals surface area (Å²) in [5.74, 6) is -1.71. The molecule has 26 heavy (non-hydrogen) atoms. The van der Waals surface area contributed by atoms with Crippen LogP contribution in [0.1, 0.15) is 23.3 Å². The number of aromatic nitrogens is 1. The van der Waals surface area contributed by atoms with Crippen molar-refractivity contribution in [3.05, 3.63) is 41.4 Å². The van der Waals surface area contributed by atoms with Gasteiger partial charge in [-0.3, -0.25) is 9.59 Å². The fourth-order valence-corrected chi connectivity index (χ4v) is 3.60. The molecule has 2 heterocycles. The molecule has 3 rings (SSSR count). The maximum Gasteiger partial charge on any atom is 0.358 e. The first-order chi connectivity index (χ1) is 12.5. The molecule has 1 atom stereocenters. The first-order valence-electron chi connectivity index (χ1n) is 8.30. The number of hydrogen-bond donors (Lipinski definition) is 1. The number of rotatable bonds is 5. The monoisotopic (exact) mass is 373 g/mol. The number of nitrogens with zero attached hydrogens (tertiary/aromatic N) is 2. The van der Waals surface area contributed by atoms with Crippen LogP contribution in [0.3, 0.4) is 0 Å². The molecule has 2 aromatic rings. The Bertz CT molecular complexity index is 806. The second-order valence-corrected chi connectivity index (χ2v) is 6.92. The van der Waals surface area contributed by atoms with Gasteiger partial charge in [-0.15, -0.1) is 11.3 Å². The predicted octanol–water partition coefficient (Wildman–Crippen LogP) is 1.69. The Morgan fingerprint density at radius 2 is 2.04 bits per heavy atom. The lowest BCUT2D eigenvalue weighted by Crippen LogP contribution is -2.45. The molecule has 2 amide bonds. The highest BCUT2D eigenvalue weighted by Gasteiger charge is 2.27. The van der Waals surface area contributed by atoms with E-state index in [4.69, 9.17) is 10.5 Å². The third-order valence-corrected chi connectivity index (χ3v) is 5.13. The molecule has 1 aliphatic heterocycles. The zero-order valence-corrected chi connectivity index (χ0v) is 14.9. The highest BCUT2D eigenvalue weighted by Crippen LogP contribution is 2.23. The Morgan fingerprint density at radius 1 is 1.27 bits per heavy atom. The number of esters is 1. The van der Waals surface area contributed by atoms with Crippen molar-refractivity contribution in [1.82, 2.24) is 9.88 Å². The first kappa shape index (κ1) is 18.1. The highest BCUT2D eigenvalue weighted by molar-refractivity contribution is 7.13. The number of hydrogen-bond acceptors (Lipinski definition) is 6. The minimum absolute atomic E-state index is 0.176. The summed E-state index contributed by atoms with van der Waals surface area (Å²) in [6, 6.07) is 9.50. The lowest BCUT2D eigenvalue weighted by molar-refractivity contribution is -0.137. The van der Waals surface area contributed by atoms with Gasteiger partial charge in [-0.05, 0) is 12.8 Å². The van der Waals surface area contributed by atoms with E-state index in [-0.39, 0.29) is 30.7 Å². The zero-order chi connectivity index (χ0) is 18.5. The van der Waals surface area contributed by atoms with E-state index in [1.807, 2.05) is 30.3 Å². The molecular weight excluding hydrogens is 354 g/mol. The maximum absolute atomic E-state index is 12.2. The third-order valence-electron chi connectivity index (χ3n) is 4.24. The number of ether oxygens (including phenoxy) is 1. The molecule has 8 heteroatoms. The summed E-state index contributed by atoms with van der Waals surface area (Å²) in [5, 5.41) is 2.32. The number of nitrogens with two attached hydrogens (primary N) is 1. The summed E-state index contributed by atoms with van der Waals surface area (Å²) in [7, 11) is 0. The van der Waals surface area contributed by atoms with Gasteiger partial charge >= 0.3 is 5.97 Å². The first-order valence-corrected chi connectivity index (χ1v) is 9.17. The average Bonchev–Trinajstić information content (AvgIpc) is 3.17. The molecule has 0 radical (unpaired) electrons. The van der Waals surface area contributed by atoms with Crippen LogP contribution in [0, 0.1) is 5.92 Å². The molecule has 0 aliphatic carbocycles. The molecule has 1 saturated heterocycles. The summed E-state index contributed by atoms with van der Waals surface area (Å²) in [6.07, 6.45) is 1.39. The molecule has 1 aromatic carbocycles. The van der Waals surface area contributed by atoms with Gasteiger partial charge in [0.1, 0.15) is 5.01 Å². The van der Waals surface area contributed by atoms with Crippen molar-refractivity contribution < 1.29 is 19.1 Å². The van der Waals surface area contributed by atoms with Gasteiger partial charge in [-0.1, -0.05) is 30.3 Å². The van der Waals surface area contributed by atoms with Crippen LogP contribution in [0.4, 0.5) is 0 Å². The number of carbonyl (C=O) groups is 3. The van der Waals surface area contributed by atoms with Crippen LogP contribution in [0.25, 0.3) is 10.6 Å². The number of carbonyl (C=O) groups excluding carboxylic acids is 3. The molecule has 1 aromatic heterocycles. The third kappa shape index (κ3) is 4.26. The van der Waals surface area contributed by atoms with Crippen LogP contribution in [0.5, 0.6) is 0 Å². The fourth-order valence-electron chi connectivity index (χ4n) is 2.81. The molecule has 2 N–H and O–H groups in total. The number of thiazole rings is 1. The normalized spacial score (nSPS) is 16.9. The molecule has 0 bridgehead atoms. The quantitative estimate of drug-likeness (QED) is 0.804. The van der Waals surface area contributed by atoms with E-state index >= 15 is 0 Å². The second-order valence-electron chi connectivity index (χ2n) is 6.06. The van der Waals surface area contributed by atoms with E-state index in [9.17, 15) is 14.4 Å². The summed E-state index contributed by atoms with van der Waals surface area (Å²) in [6.45, 7) is 0.443. The van der Waals surface area contributed by atoms with Crippen molar-refractivity contribution in [2.75, 3.05) is 19.7 Å². The Hall–Kier alpha value is -2.74. The van der Waals surface area contributed by atoms with Gasteiger partial charge in [0.05, 0.1) is 5.92 Å². The van der Waals surface area contributed by atoms with Crippen molar-refractivity contribution in [3.63, 3.8) is 0 Å². The highest BCUT2D eigenvalue weighted by atomic mass is 32.1. The van der Waals surface area contributed by atoms with Gasteiger partial charge in [-0.25, -0.2) is 9.78 Å². The van der Waals surface area contributed by atoms with Gasteiger partial charge in [0.25, 0.3) is 5.91 Å². The van der Waals surface area contributed by atoms with Crippen LogP contribution in [-0.4, -0.2) is 47.4 Å². The number of amides is 2. The Kier molecular flexibility index (Phi) is 5.62. The van der Waals surface area contributed by atoms with Crippen LogP contribution in [0.15, 0.2) is 35.7 Å². The largest absolute Gasteiger partial charge is 0.451 e. The van der Waals surface area contributed by atoms with Crippen molar-refractivity contribution in [1.29, 1.82) is 0 Å². The molecule has 136 valence electrons. The van der Waals surface area contributed by atoms with Crippen molar-refractivity contribution in [3.8, 4) is 10.6 Å². The predicted molar refractivity (Wildman–Crippen MR) is 96.3 cm³/mol. The summed E-state index contributed by atoms with van der Waals surface area (Å²) < 4.78 is 5.09. The standard InChI is InChI=1S/C18H19N3O4S/c19-16(23)13-7-4-8-21(9-13)15(22)10-25-18(24)14-11-26-17(20-14)12-5-2-1-3-6-12/h1-3,5-6,11,13H,4,7-10H2,(H2,19,23)/t13-/m1/s1. The van der Waals surface area contributed by atoms with Gasteiger partial charge < -0.3 is 15.4 Å². The van der Waals surface area contributed by atoms with Crippen LogP contribution < -0.4 is 5.73 Å². The van der Waals surface area contributed by atoms with Crippen LogP contribution >= 0.6 is 11.3 Å². The minimum atomic E-state index is -0.639. The van der Waals surface area contributed by atoms with E-state index < -0.39 is 11.9 Å². The lowest BCUT2D eigenvalue weighted by Gasteiger charge is -2.30. The van der Waals surface area contributed by atoms with Crippen LogP contribution in [0.2, 0.25) is 0 Å². The summed E-state index contributed by atoms with van der Waals surface area (Å²) in [5.41, 5.74) is 6.40. The lowest BCUT2D eigenvalue weighted by atomic mass is 9.97. The number of primary amides is 1. The van der Waals surface area contributed by atoms with Crippen molar-refractivity contribution in [2.45, 2.75) is 12.8 Å². The Balaban J connectivity index is 1.55. The number of piperidine rings is 1. The molecule has 0 saturated carbocycles. The SMILES string of the molecule is NC(=O)[C@@H]1CCCN(C(=O)COC(=O)c2csc(-c3ccccc3)n2)C1. The zero-order valence-electron chi connectivity index (χ0n) is 14.1. The van der Waals surface area contributed by atoms with Crippen LogP contribution in [-0.2, 0) is 14.3 Å². The molecule has 1 fully saturated rings. The van der Waals surface area contributed by atoms with Gasteiger partial charge in [0, 0.05) is 24.0 Å². The summed E-state index contributed by atoms with van der Waals surface area (Å²) >= 11 is 1.34. The molecule has 0 unspecified atom stereocenters. The molecule has 0 spiro atoms.